The molecule has 0 aliphatic heterocycles. The van der Waals surface area contributed by atoms with Gasteiger partial charge in [0.2, 0.25) is 10.0 Å². The van der Waals surface area contributed by atoms with E-state index in [1.54, 1.807) is 0 Å². The Kier molecular flexibility index (Phi) is 6.43. The van der Waals surface area contributed by atoms with Crippen LogP contribution in [0.4, 0.5) is 8.78 Å². The molecule has 1 aromatic carbocycles. The van der Waals surface area contributed by atoms with Crippen molar-refractivity contribution in [2.75, 3.05) is 6.54 Å². The highest BCUT2D eigenvalue weighted by atomic mass is 32.2. The number of hydrogen-bond donors (Lipinski definition) is 2. The molecule has 0 saturated heterocycles. The Balaban J connectivity index is 2.80. The van der Waals surface area contributed by atoms with Crippen LogP contribution < -0.4 is 4.72 Å². The van der Waals surface area contributed by atoms with E-state index in [1.807, 2.05) is 13.8 Å². The van der Waals surface area contributed by atoms with Gasteiger partial charge in [0.1, 0.15) is 0 Å². The van der Waals surface area contributed by atoms with Crippen LogP contribution in [0, 0.1) is 11.8 Å². The largest absolute Gasteiger partial charge is 0.481 e. The molecular formula is C14H19F2NO4S. The summed E-state index contributed by atoms with van der Waals surface area (Å²) in [5.74, 6) is -1.81. The van der Waals surface area contributed by atoms with Crippen molar-refractivity contribution in [2.45, 2.75) is 31.6 Å². The molecule has 22 heavy (non-hydrogen) atoms. The van der Waals surface area contributed by atoms with E-state index in [4.69, 9.17) is 5.11 Å². The van der Waals surface area contributed by atoms with Crippen LogP contribution in [0.3, 0.4) is 0 Å². The number of alkyl halides is 2. The summed E-state index contributed by atoms with van der Waals surface area (Å²) in [5, 5.41) is 9.07. The number of hydrogen-bond acceptors (Lipinski definition) is 3. The second-order valence-electron chi connectivity index (χ2n) is 5.39. The van der Waals surface area contributed by atoms with Crippen LogP contribution in [0.25, 0.3) is 0 Å². The first kappa shape index (κ1) is 18.5. The van der Waals surface area contributed by atoms with E-state index in [-0.39, 0.29) is 22.9 Å². The molecule has 0 fully saturated rings. The minimum Gasteiger partial charge on any atom is -0.481 e. The lowest BCUT2D eigenvalue weighted by Crippen LogP contribution is -2.33. The maximum absolute atomic E-state index is 12.4. The number of halogens is 2. The van der Waals surface area contributed by atoms with Gasteiger partial charge in [0.15, 0.2) is 0 Å². The third-order valence-electron chi connectivity index (χ3n) is 3.07. The number of benzene rings is 1. The van der Waals surface area contributed by atoms with Gasteiger partial charge in [-0.3, -0.25) is 4.79 Å². The topological polar surface area (TPSA) is 83.5 Å². The quantitative estimate of drug-likeness (QED) is 0.765. The zero-order chi connectivity index (χ0) is 16.9. The van der Waals surface area contributed by atoms with E-state index in [9.17, 15) is 22.0 Å². The Labute approximate surface area is 128 Å². The van der Waals surface area contributed by atoms with Crippen LogP contribution in [-0.4, -0.2) is 26.0 Å². The van der Waals surface area contributed by atoms with Gasteiger partial charge < -0.3 is 5.11 Å². The standard InChI is InChI=1S/C14H19F2NO4S/c1-9(2)7-11(14(18)19)8-17-22(20,21)12-5-3-10(4-6-12)13(15)16/h3-6,9,11,13,17H,7-8H2,1-2H3,(H,18,19). The zero-order valence-corrected chi connectivity index (χ0v) is 13.1. The number of nitrogens with one attached hydrogen (secondary N) is 1. The van der Waals surface area contributed by atoms with Gasteiger partial charge in [-0.05, 0) is 24.5 Å². The first-order chi connectivity index (χ1) is 10.1. The Morgan fingerprint density at radius 3 is 2.18 bits per heavy atom. The minimum absolute atomic E-state index is 0.107. The fraction of sp³-hybridized carbons (Fsp3) is 0.500. The molecule has 1 rings (SSSR count). The van der Waals surface area contributed by atoms with Crippen molar-refractivity contribution in [3.63, 3.8) is 0 Å². The highest BCUT2D eigenvalue weighted by molar-refractivity contribution is 7.89. The van der Waals surface area contributed by atoms with E-state index in [1.165, 1.54) is 0 Å². The van der Waals surface area contributed by atoms with Gasteiger partial charge in [0, 0.05) is 12.1 Å². The molecule has 0 heterocycles. The molecule has 1 unspecified atom stereocenters. The predicted molar refractivity (Wildman–Crippen MR) is 77.2 cm³/mol. The molecule has 2 N–H and O–H groups in total. The molecule has 1 atom stereocenters. The summed E-state index contributed by atoms with van der Waals surface area (Å²) in [6, 6.07) is 4.20. The normalized spacial score (nSPS) is 13.5. The van der Waals surface area contributed by atoms with Gasteiger partial charge in [0.05, 0.1) is 10.8 Å². The van der Waals surface area contributed by atoms with E-state index in [2.05, 4.69) is 4.72 Å². The van der Waals surface area contributed by atoms with Gasteiger partial charge in [-0.2, -0.15) is 0 Å². The fourth-order valence-electron chi connectivity index (χ4n) is 1.93. The molecule has 0 aliphatic carbocycles. The Bertz CT molecular complexity index is 600. The molecule has 124 valence electrons. The smallest absolute Gasteiger partial charge is 0.307 e. The Morgan fingerprint density at radius 2 is 1.77 bits per heavy atom. The molecule has 5 nitrogen and oxygen atoms in total. The van der Waals surface area contributed by atoms with Crippen LogP contribution in [0.1, 0.15) is 32.3 Å². The van der Waals surface area contributed by atoms with Crippen LogP contribution in [0.5, 0.6) is 0 Å². The molecule has 1 aromatic rings. The zero-order valence-electron chi connectivity index (χ0n) is 12.3. The van der Waals surface area contributed by atoms with E-state index in [0.29, 0.717) is 6.42 Å². The maximum atomic E-state index is 12.4. The molecule has 0 saturated carbocycles. The summed E-state index contributed by atoms with van der Waals surface area (Å²) in [7, 11) is -3.93. The van der Waals surface area contributed by atoms with Crippen molar-refractivity contribution in [2.24, 2.45) is 11.8 Å². The molecule has 0 bridgehead atoms. The van der Waals surface area contributed by atoms with Crippen molar-refractivity contribution in [3.05, 3.63) is 29.8 Å². The summed E-state index contributed by atoms with van der Waals surface area (Å²) < 4.78 is 51.1. The van der Waals surface area contributed by atoms with Gasteiger partial charge in [0.25, 0.3) is 6.43 Å². The number of sulfonamides is 1. The van der Waals surface area contributed by atoms with Gasteiger partial charge >= 0.3 is 5.97 Å². The van der Waals surface area contributed by atoms with Crippen molar-refractivity contribution in [1.29, 1.82) is 0 Å². The van der Waals surface area contributed by atoms with Crippen molar-refractivity contribution < 1.29 is 27.1 Å². The number of carboxylic acids is 1. The monoisotopic (exact) mass is 335 g/mol. The molecule has 0 spiro atoms. The first-order valence-corrected chi connectivity index (χ1v) is 8.22. The molecular weight excluding hydrogens is 316 g/mol. The van der Waals surface area contributed by atoms with E-state index >= 15 is 0 Å². The Morgan fingerprint density at radius 1 is 1.23 bits per heavy atom. The highest BCUT2D eigenvalue weighted by Crippen LogP contribution is 2.20. The van der Waals surface area contributed by atoms with Crippen LogP contribution >= 0.6 is 0 Å². The SMILES string of the molecule is CC(C)CC(CNS(=O)(=O)c1ccc(C(F)F)cc1)C(=O)O. The lowest BCUT2D eigenvalue weighted by atomic mass is 9.98. The third-order valence-corrected chi connectivity index (χ3v) is 4.51. The molecule has 0 radical (unpaired) electrons. The highest BCUT2D eigenvalue weighted by Gasteiger charge is 2.22. The second kappa shape index (κ2) is 7.64. The summed E-state index contributed by atoms with van der Waals surface area (Å²) >= 11 is 0. The maximum Gasteiger partial charge on any atom is 0.307 e. The van der Waals surface area contributed by atoms with E-state index < -0.39 is 28.3 Å². The number of aliphatic carboxylic acids is 1. The number of carboxylic acid groups (broad SMARTS) is 1. The third kappa shape index (κ3) is 5.34. The molecule has 0 aliphatic rings. The van der Waals surface area contributed by atoms with Gasteiger partial charge in [-0.15, -0.1) is 0 Å². The first-order valence-electron chi connectivity index (χ1n) is 6.74. The lowest BCUT2D eigenvalue weighted by Gasteiger charge is -2.15. The summed E-state index contributed by atoms with van der Waals surface area (Å²) in [5.41, 5.74) is -0.276. The minimum atomic E-state index is -3.93. The molecule has 8 heteroatoms. The number of carbonyl (C=O) groups is 1. The fourth-order valence-corrected chi connectivity index (χ4v) is 3.01. The second-order valence-corrected chi connectivity index (χ2v) is 7.15. The predicted octanol–water partition coefficient (Wildman–Crippen LogP) is 2.65. The summed E-state index contributed by atoms with van der Waals surface area (Å²) in [4.78, 5) is 10.9. The average Bonchev–Trinajstić information content (AvgIpc) is 2.43. The van der Waals surface area contributed by atoms with Crippen LogP contribution in [-0.2, 0) is 14.8 Å². The van der Waals surface area contributed by atoms with Gasteiger partial charge in [-0.25, -0.2) is 21.9 Å². The lowest BCUT2D eigenvalue weighted by molar-refractivity contribution is -0.142. The van der Waals surface area contributed by atoms with Crippen LogP contribution in [0.2, 0.25) is 0 Å². The van der Waals surface area contributed by atoms with E-state index in [0.717, 1.165) is 24.3 Å². The Hall–Kier alpha value is -1.54. The molecule has 0 aromatic heterocycles. The van der Waals surface area contributed by atoms with Crippen LogP contribution in [0.15, 0.2) is 29.2 Å². The van der Waals surface area contributed by atoms with Gasteiger partial charge in [-0.1, -0.05) is 26.0 Å². The van der Waals surface area contributed by atoms with Crippen molar-refractivity contribution in [3.8, 4) is 0 Å². The molecule has 0 amide bonds. The average molecular weight is 335 g/mol. The summed E-state index contributed by atoms with van der Waals surface area (Å²) in [6.45, 7) is 3.44. The summed E-state index contributed by atoms with van der Waals surface area (Å²) in [6.07, 6.45) is -2.34. The van der Waals surface area contributed by atoms with Crippen molar-refractivity contribution >= 4 is 16.0 Å². The number of rotatable bonds is 8. The van der Waals surface area contributed by atoms with Crippen molar-refractivity contribution in [1.82, 2.24) is 4.72 Å².